The van der Waals surface area contributed by atoms with Gasteiger partial charge in [0.15, 0.2) is 11.6 Å². The van der Waals surface area contributed by atoms with Crippen LogP contribution in [0.2, 0.25) is 0 Å². The number of nitrogens with zero attached hydrogens (tertiary/aromatic N) is 29. The van der Waals surface area contributed by atoms with Crippen LogP contribution in [0.25, 0.3) is 90.8 Å². The molecule has 0 bridgehead atoms. The Kier molecular flexibility index (Phi) is 30.8. The van der Waals surface area contributed by atoms with Crippen LogP contribution in [0.5, 0.6) is 0 Å². The summed E-state index contributed by atoms with van der Waals surface area (Å²) in [5.41, 5.74) is 19.1. The van der Waals surface area contributed by atoms with Crippen LogP contribution in [-0.4, -0.2) is 208 Å². The molecule has 748 valence electrons. The van der Waals surface area contributed by atoms with Gasteiger partial charge in [0.25, 0.3) is 0 Å². The van der Waals surface area contributed by atoms with E-state index in [0.717, 1.165) is 130 Å². The molecule has 150 heavy (non-hydrogen) atoms. The number of pyridine rings is 2. The van der Waals surface area contributed by atoms with E-state index in [0.29, 0.717) is 162 Å². The maximum Gasteiger partial charge on any atom is 0.308 e. The Hall–Kier alpha value is -19.4. The van der Waals surface area contributed by atoms with Gasteiger partial charge in [-0.15, -0.1) is 10.2 Å². The summed E-state index contributed by atoms with van der Waals surface area (Å²) < 4.78 is 26.2. The van der Waals surface area contributed by atoms with Gasteiger partial charge in [-0.2, -0.15) is 26.0 Å². The lowest BCUT2D eigenvalue weighted by atomic mass is 9.96. The number of hydrogen-bond acceptors (Lipinski definition) is 34. The van der Waals surface area contributed by atoms with Gasteiger partial charge in [0.1, 0.15) is 54.2 Å². The summed E-state index contributed by atoms with van der Waals surface area (Å²) in [6.45, 7) is 9.16. The number of halogens is 1. The third-order valence-corrected chi connectivity index (χ3v) is 25.6. The maximum absolute atomic E-state index is 14.5. The molecule has 0 saturated carbocycles. The standard InChI is InChI=1S/C29H25N9O.C28H25FN8O.C27H26N8O2.C26H24N8O2/c30-17-20-14-21(16-24(15-20)37-13-3-4-25(39)18-37)26-10-12-32-29(35-26)34-22-6-8-23(9-7-22)38-19-33-28(36-38)27-5-1-2-11-31-27;29-20-15-19(16-23(17-20)36-13-9-24(38)10-14-36)25-8-12-31-28(34-25)33-21-4-6-22(7-5-21)37-18-32-27(35-37)26-3-1-2-11-30-26;1-18-30-17-35(33-18)23-5-3-22(4-6-23)31-27-29-10-7-25(32-27)21-13-19(16-28)14-24(15-21)34-11-8-20(9-12-34)26(36)37-2;1-17-29-16-34(32-17)22-4-2-21(3-5-22)30-26-28-9-6-24(31-26)20-12-18(15-27)13-23(14-20)33-10-7-19(8-11-33)25(35)36/h1-2,5-12,14-16,19,25,39H,3-4,13,18H2,(H,32,34,35);1-8,11-12,15-18,24,38H,9-10,13-14H2,(H,31,33,34);3-7,10,13-15,17,20H,8-9,11-12H2,1-2H3,(H,29,31,32);2-6,9,12-14,16,19H,7-8,10-11H2,1H3,(H,35,36)(H,28,30,31). The van der Waals surface area contributed by atoms with Crippen molar-refractivity contribution in [2.75, 3.05) is 100 Å². The zero-order chi connectivity index (χ0) is 103. The number of carbonyl (C=O) groups is 2. The molecule has 39 nitrogen and oxygen atoms in total. The Morgan fingerprint density at radius 1 is 0.347 bits per heavy atom. The number of anilines is 12. The second-order valence-corrected chi connectivity index (χ2v) is 35.9. The highest BCUT2D eigenvalue weighted by Gasteiger charge is 2.30. The number of piperidine rings is 4. The number of rotatable bonds is 24. The van der Waals surface area contributed by atoms with E-state index in [2.05, 4.69) is 139 Å². The second-order valence-electron chi connectivity index (χ2n) is 35.9. The van der Waals surface area contributed by atoms with Gasteiger partial charge >= 0.3 is 11.9 Å². The minimum absolute atomic E-state index is 0.0789. The molecule has 10 aromatic heterocycles. The van der Waals surface area contributed by atoms with E-state index in [4.69, 9.17) is 14.7 Å². The molecule has 4 aliphatic rings. The number of aliphatic hydroxyl groups is 2. The lowest BCUT2D eigenvalue weighted by molar-refractivity contribution is -0.146. The van der Waals surface area contributed by atoms with Crippen LogP contribution < -0.4 is 40.9 Å². The molecule has 8 aromatic carbocycles. The van der Waals surface area contributed by atoms with E-state index >= 15 is 0 Å². The fourth-order valence-electron chi connectivity index (χ4n) is 17.7. The van der Waals surface area contributed by atoms with Crippen molar-refractivity contribution in [1.82, 2.24) is 109 Å². The number of carboxylic acid groups (broad SMARTS) is 1. The molecule has 4 fully saturated rings. The third-order valence-electron chi connectivity index (χ3n) is 25.6. The minimum atomic E-state index is -0.745. The molecule has 0 amide bonds. The molecule has 0 spiro atoms. The predicted molar refractivity (Wildman–Crippen MR) is 563 cm³/mol. The van der Waals surface area contributed by atoms with Gasteiger partial charge in [-0.05, 0) is 284 Å². The molecule has 7 N–H and O–H groups in total. The highest BCUT2D eigenvalue weighted by Crippen LogP contribution is 2.37. The van der Waals surface area contributed by atoms with Crippen LogP contribution >= 0.6 is 0 Å². The van der Waals surface area contributed by atoms with Crippen molar-refractivity contribution in [3.8, 4) is 109 Å². The molecule has 4 saturated heterocycles. The summed E-state index contributed by atoms with van der Waals surface area (Å²) in [7, 11) is 1.43. The Bertz CT molecular complexity index is 7890. The zero-order valence-electron chi connectivity index (χ0n) is 81.7. The summed E-state index contributed by atoms with van der Waals surface area (Å²) in [6.07, 6.45) is 21.8. The van der Waals surface area contributed by atoms with E-state index in [-0.39, 0.29) is 35.8 Å². The third kappa shape index (κ3) is 25.1. The van der Waals surface area contributed by atoms with Gasteiger partial charge in [-0.1, -0.05) is 12.1 Å². The number of aliphatic carboxylic acids is 1. The van der Waals surface area contributed by atoms with Crippen molar-refractivity contribution in [2.45, 2.75) is 77.4 Å². The molecule has 1 unspecified atom stereocenters. The van der Waals surface area contributed by atoms with Crippen LogP contribution in [-0.2, 0) is 14.3 Å². The molecule has 4 aliphatic heterocycles. The molecule has 0 aliphatic carbocycles. The number of β-amino-alcohol motifs (C(OH)–C–C–N with tert-alkyl or cyclic N) is 1. The number of aromatic nitrogens is 22. The van der Waals surface area contributed by atoms with E-state index in [9.17, 15) is 45.1 Å². The largest absolute Gasteiger partial charge is 0.481 e. The summed E-state index contributed by atoms with van der Waals surface area (Å²) in [6, 6.07) is 77.9. The molecule has 22 rings (SSSR count). The van der Waals surface area contributed by atoms with E-state index in [1.165, 1.54) is 19.2 Å². The second kappa shape index (κ2) is 46.5. The number of esters is 1. The van der Waals surface area contributed by atoms with Gasteiger partial charge in [0.05, 0.1) is 112 Å². The first kappa shape index (κ1) is 99.3. The van der Waals surface area contributed by atoms with Gasteiger partial charge in [-0.25, -0.2) is 82.9 Å². The Morgan fingerprint density at radius 2 is 0.687 bits per heavy atom. The lowest BCUT2D eigenvalue weighted by Crippen LogP contribution is -2.38. The monoisotopic (exact) mass is 2000 g/mol. The number of carboxylic acids is 1. The Morgan fingerprint density at radius 3 is 1.02 bits per heavy atom. The number of ether oxygens (including phenoxy) is 1. The number of nitrogens with one attached hydrogen (secondary N) is 4. The summed E-state index contributed by atoms with van der Waals surface area (Å²) in [5.74, 6) is 2.63. The fraction of sp³-hybridized carbons (Fsp3) is 0.209. The predicted octanol–water partition coefficient (Wildman–Crippen LogP) is 17.0. The Labute approximate surface area is 861 Å². The van der Waals surface area contributed by atoms with Gasteiger partial charge in [0.2, 0.25) is 23.8 Å². The molecule has 14 heterocycles. The first-order chi connectivity index (χ1) is 73.2. The molecular weight excluding hydrogens is 1900 g/mol. The van der Waals surface area contributed by atoms with E-state index in [1.807, 2.05) is 214 Å². The number of aryl methyl sites for hydroxylation is 2. The first-order valence-electron chi connectivity index (χ1n) is 48.6. The SMILES string of the molecule is COC(=O)C1CCN(c2cc(C#N)cc(-c3ccnc(Nc4ccc(-n5cnc(C)n5)cc4)n3)c2)CC1.Cc1ncn(-c2ccc(Nc3nccc(-c4cc(C#N)cc(N5CCC(C(=O)O)CC5)c4)n3)cc2)n1.N#Cc1cc(-c2ccnc(Nc3ccc(-n4cnc(-c5ccccn5)n4)cc3)n2)cc(N2CCCC(O)C2)c1.OC1CCN(c2cc(F)cc(-c3ccnc(Nc4ccc(-n5cnc(-c6ccccn6)n5)cc4)n3)c2)CC1. The summed E-state index contributed by atoms with van der Waals surface area (Å²) >= 11 is 0. The van der Waals surface area contributed by atoms with Crippen molar-refractivity contribution in [2.24, 2.45) is 11.8 Å². The first-order valence-corrected chi connectivity index (χ1v) is 48.6. The van der Waals surface area contributed by atoms with Crippen molar-refractivity contribution in [3.63, 3.8) is 0 Å². The quantitative estimate of drug-likeness (QED) is 0.0276. The normalized spacial score (nSPS) is 14.2. The van der Waals surface area contributed by atoms with Crippen LogP contribution in [0.1, 0.15) is 79.7 Å². The minimum Gasteiger partial charge on any atom is -0.481 e. The number of hydrogen-bond donors (Lipinski definition) is 7. The summed E-state index contributed by atoms with van der Waals surface area (Å²) in [5, 5.41) is 88.7. The van der Waals surface area contributed by atoms with Crippen molar-refractivity contribution >= 4 is 81.2 Å². The molecule has 0 radical (unpaired) electrons. The molecule has 1 atom stereocenters. The van der Waals surface area contributed by atoms with Crippen molar-refractivity contribution in [1.29, 1.82) is 15.8 Å². The summed E-state index contributed by atoms with van der Waals surface area (Å²) in [4.78, 5) is 93.4. The average molecular weight is 2000 g/mol. The van der Waals surface area contributed by atoms with Gasteiger partial charge < -0.3 is 60.9 Å². The number of aliphatic hydroxyl groups excluding tert-OH is 2. The molecule has 18 aromatic rings. The zero-order valence-corrected chi connectivity index (χ0v) is 81.7. The number of methoxy groups -OCH3 is 1. The van der Waals surface area contributed by atoms with Gasteiger partial charge in [0, 0.05) is 157 Å². The maximum atomic E-state index is 14.5. The lowest BCUT2D eigenvalue weighted by Gasteiger charge is -2.32. The van der Waals surface area contributed by atoms with Crippen LogP contribution in [0.3, 0.4) is 0 Å². The smallest absolute Gasteiger partial charge is 0.308 e. The van der Waals surface area contributed by atoms with E-state index in [1.54, 1.807) is 99.4 Å². The topological polar surface area (TPSA) is 488 Å². The molecule has 40 heteroatoms. The van der Waals surface area contributed by atoms with Crippen LogP contribution in [0.4, 0.5) is 73.7 Å². The highest BCUT2D eigenvalue weighted by molar-refractivity contribution is 5.77. The van der Waals surface area contributed by atoms with E-state index < -0.39 is 5.97 Å². The van der Waals surface area contributed by atoms with Crippen molar-refractivity contribution in [3.05, 3.63) is 327 Å². The average Bonchev–Trinajstić information content (AvgIpc) is 1.18. The fourth-order valence-corrected chi connectivity index (χ4v) is 17.7. The number of nitriles is 3. The van der Waals surface area contributed by atoms with Crippen molar-refractivity contribution < 1.29 is 34.0 Å². The number of benzene rings is 8. The van der Waals surface area contributed by atoms with Gasteiger partial charge in [-0.3, -0.25) is 19.6 Å². The van der Waals surface area contributed by atoms with Crippen LogP contribution in [0, 0.1) is 65.5 Å². The Balaban J connectivity index is 0.000000125. The number of carbonyl (C=O) groups excluding carboxylic acids is 1. The molecular formula is C110H100FN33O6. The van der Waals surface area contributed by atoms with Crippen LogP contribution in [0.15, 0.2) is 293 Å². The highest BCUT2D eigenvalue weighted by atomic mass is 19.1.